The van der Waals surface area contributed by atoms with Gasteiger partial charge in [-0.25, -0.2) is 17.9 Å². The molecule has 1 atom stereocenters. The number of sulfonamides is 1. The van der Waals surface area contributed by atoms with Crippen molar-refractivity contribution in [1.29, 1.82) is 0 Å². The van der Waals surface area contributed by atoms with Crippen molar-refractivity contribution in [2.24, 2.45) is 0 Å². The van der Waals surface area contributed by atoms with E-state index in [0.29, 0.717) is 12.1 Å². The SMILES string of the molecule is COC(=O)c1ccccc1CS(=O)(=O)NC1CCNC1.Cl. The molecule has 1 aromatic rings. The Morgan fingerprint density at radius 2 is 2.14 bits per heavy atom. The highest BCUT2D eigenvalue weighted by Gasteiger charge is 2.23. The molecule has 8 heteroatoms. The van der Waals surface area contributed by atoms with Crippen LogP contribution < -0.4 is 10.0 Å². The Labute approximate surface area is 130 Å². The summed E-state index contributed by atoms with van der Waals surface area (Å²) in [5, 5.41) is 3.10. The van der Waals surface area contributed by atoms with E-state index < -0.39 is 16.0 Å². The Kier molecular flexibility index (Phi) is 6.60. The van der Waals surface area contributed by atoms with Crippen molar-refractivity contribution >= 4 is 28.4 Å². The molecule has 21 heavy (non-hydrogen) atoms. The minimum Gasteiger partial charge on any atom is -0.465 e. The van der Waals surface area contributed by atoms with Gasteiger partial charge >= 0.3 is 5.97 Å². The van der Waals surface area contributed by atoms with Crippen LogP contribution in [-0.4, -0.2) is 40.6 Å². The van der Waals surface area contributed by atoms with Gasteiger partial charge in [-0.05, 0) is 24.6 Å². The molecule has 1 aromatic carbocycles. The van der Waals surface area contributed by atoms with Gasteiger partial charge in [0.1, 0.15) is 0 Å². The van der Waals surface area contributed by atoms with Crippen LogP contribution in [0.1, 0.15) is 22.3 Å². The van der Waals surface area contributed by atoms with Gasteiger partial charge < -0.3 is 10.1 Å². The minimum atomic E-state index is -3.48. The van der Waals surface area contributed by atoms with E-state index in [9.17, 15) is 13.2 Å². The zero-order chi connectivity index (χ0) is 14.6. The lowest BCUT2D eigenvalue weighted by Gasteiger charge is -2.13. The summed E-state index contributed by atoms with van der Waals surface area (Å²) in [6.07, 6.45) is 0.776. The molecule has 1 aliphatic heterocycles. The van der Waals surface area contributed by atoms with Gasteiger partial charge in [-0.1, -0.05) is 18.2 Å². The molecule has 1 heterocycles. The fraction of sp³-hybridized carbons (Fsp3) is 0.462. The highest BCUT2D eigenvalue weighted by molar-refractivity contribution is 7.88. The van der Waals surface area contributed by atoms with Crippen molar-refractivity contribution in [3.8, 4) is 0 Å². The molecule has 0 amide bonds. The van der Waals surface area contributed by atoms with Gasteiger partial charge in [0.25, 0.3) is 0 Å². The zero-order valence-electron chi connectivity index (χ0n) is 11.7. The molecule has 1 unspecified atom stereocenters. The third-order valence-electron chi connectivity index (χ3n) is 3.17. The third-order valence-corrected chi connectivity index (χ3v) is 4.56. The highest BCUT2D eigenvalue weighted by Crippen LogP contribution is 2.14. The molecule has 0 aliphatic carbocycles. The zero-order valence-corrected chi connectivity index (χ0v) is 13.3. The summed E-state index contributed by atoms with van der Waals surface area (Å²) in [6, 6.07) is 6.49. The Bertz CT molecular complexity index is 586. The Morgan fingerprint density at radius 3 is 2.76 bits per heavy atom. The van der Waals surface area contributed by atoms with Crippen molar-refractivity contribution in [2.45, 2.75) is 18.2 Å². The first-order valence-corrected chi connectivity index (χ1v) is 8.04. The van der Waals surface area contributed by atoms with Crippen molar-refractivity contribution in [3.63, 3.8) is 0 Å². The monoisotopic (exact) mass is 334 g/mol. The summed E-state index contributed by atoms with van der Waals surface area (Å²) in [5.41, 5.74) is 0.725. The number of carbonyl (C=O) groups excluding carboxylic acids is 1. The van der Waals surface area contributed by atoms with E-state index in [1.807, 2.05) is 0 Å². The molecule has 0 saturated carbocycles. The highest BCUT2D eigenvalue weighted by atomic mass is 35.5. The smallest absolute Gasteiger partial charge is 0.338 e. The first-order chi connectivity index (χ1) is 9.52. The molecule has 2 N–H and O–H groups in total. The van der Waals surface area contributed by atoms with Gasteiger partial charge in [-0.15, -0.1) is 12.4 Å². The maximum absolute atomic E-state index is 12.1. The van der Waals surface area contributed by atoms with Gasteiger partial charge in [-0.2, -0.15) is 0 Å². The first-order valence-electron chi connectivity index (χ1n) is 6.39. The predicted octanol–water partition coefficient (Wildman–Crippen LogP) is 0.676. The Morgan fingerprint density at radius 1 is 1.43 bits per heavy atom. The van der Waals surface area contributed by atoms with Crippen LogP contribution >= 0.6 is 12.4 Å². The number of halogens is 1. The first kappa shape index (κ1) is 17.9. The minimum absolute atomic E-state index is 0. The molecule has 0 aromatic heterocycles. The molecule has 1 aliphatic rings. The summed E-state index contributed by atoms with van der Waals surface area (Å²) in [6.45, 7) is 1.45. The van der Waals surface area contributed by atoms with Crippen LogP contribution in [0, 0.1) is 0 Å². The van der Waals surface area contributed by atoms with Gasteiger partial charge in [0, 0.05) is 12.6 Å². The number of nitrogens with one attached hydrogen (secondary N) is 2. The normalized spacial score (nSPS) is 18.0. The predicted molar refractivity (Wildman–Crippen MR) is 82.1 cm³/mol. The van der Waals surface area contributed by atoms with Crippen molar-refractivity contribution < 1.29 is 17.9 Å². The van der Waals surface area contributed by atoms with Gasteiger partial charge in [0.15, 0.2) is 0 Å². The van der Waals surface area contributed by atoms with Crippen LogP contribution in [0.5, 0.6) is 0 Å². The number of benzene rings is 1. The van der Waals surface area contributed by atoms with E-state index >= 15 is 0 Å². The summed E-state index contributed by atoms with van der Waals surface area (Å²) >= 11 is 0. The van der Waals surface area contributed by atoms with Crippen LogP contribution in [0.4, 0.5) is 0 Å². The van der Waals surface area contributed by atoms with Gasteiger partial charge in [0.2, 0.25) is 10.0 Å². The molecule has 1 saturated heterocycles. The van der Waals surface area contributed by atoms with E-state index in [0.717, 1.165) is 13.0 Å². The topological polar surface area (TPSA) is 84.5 Å². The number of carbonyl (C=O) groups is 1. The Hall–Kier alpha value is -1.15. The van der Waals surface area contributed by atoms with Gasteiger partial charge in [0.05, 0.1) is 18.4 Å². The maximum Gasteiger partial charge on any atom is 0.338 e. The number of esters is 1. The molecular formula is C13H19ClN2O4S. The number of methoxy groups -OCH3 is 1. The van der Waals surface area contributed by atoms with Crippen molar-refractivity contribution in [1.82, 2.24) is 10.0 Å². The van der Waals surface area contributed by atoms with Crippen molar-refractivity contribution in [3.05, 3.63) is 35.4 Å². The second-order valence-corrected chi connectivity index (χ2v) is 6.47. The average Bonchev–Trinajstić information content (AvgIpc) is 2.90. The lowest BCUT2D eigenvalue weighted by Crippen LogP contribution is -2.37. The maximum atomic E-state index is 12.1. The fourth-order valence-corrected chi connectivity index (χ4v) is 3.66. The quantitative estimate of drug-likeness (QED) is 0.773. The molecule has 6 nitrogen and oxygen atoms in total. The molecule has 0 bridgehead atoms. The van der Waals surface area contributed by atoms with E-state index in [-0.39, 0.29) is 29.8 Å². The average molecular weight is 335 g/mol. The second-order valence-electron chi connectivity index (χ2n) is 4.72. The largest absolute Gasteiger partial charge is 0.465 e. The van der Waals surface area contributed by atoms with E-state index in [4.69, 9.17) is 0 Å². The summed E-state index contributed by atoms with van der Waals surface area (Å²) < 4.78 is 31.6. The molecular weight excluding hydrogens is 316 g/mol. The number of hydrogen-bond donors (Lipinski definition) is 2. The van der Waals surface area contributed by atoms with Crippen LogP contribution in [0.3, 0.4) is 0 Å². The summed E-state index contributed by atoms with van der Waals surface area (Å²) in [4.78, 5) is 11.6. The lowest BCUT2D eigenvalue weighted by atomic mass is 10.1. The fourth-order valence-electron chi connectivity index (χ4n) is 2.21. The number of ether oxygens (including phenoxy) is 1. The molecule has 0 radical (unpaired) electrons. The van der Waals surface area contributed by atoms with Gasteiger partial charge in [-0.3, -0.25) is 0 Å². The van der Waals surface area contributed by atoms with Crippen LogP contribution in [-0.2, 0) is 20.5 Å². The standard InChI is InChI=1S/C13H18N2O4S.ClH/c1-19-13(16)12-5-3-2-4-10(12)9-20(17,18)15-11-6-7-14-8-11;/h2-5,11,14-15H,6-9H2,1H3;1H. The van der Waals surface area contributed by atoms with E-state index in [2.05, 4.69) is 14.8 Å². The number of rotatable bonds is 5. The van der Waals surface area contributed by atoms with Crippen LogP contribution in [0.25, 0.3) is 0 Å². The van der Waals surface area contributed by atoms with E-state index in [1.165, 1.54) is 7.11 Å². The summed E-state index contributed by atoms with van der Waals surface area (Å²) in [7, 11) is -2.21. The van der Waals surface area contributed by atoms with Crippen LogP contribution in [0.2, 0.25) is 0 Å². The number of hydrogen-bond acceptors (Lipinski definition) is 5. The second kappa shape index (κ2) is 7.74. The van der Waals surface area contributed by atoms with E-state index in [1.54, 1.807) is 24.3 Å². The van der Waals surface area contributed by atoms with Crippen molar-refractivity contribution in [2.75, 3.05) is 20.2 Å². The lowest BCUT2D eigenvalue weighted by molar-refractivity contribution is 0.0600. The third kappa shape index (κ3) is 4.96. The molecule has 118 valence electrons. The summed E-state index contributed by atoms with van der Waals surface area (Å²) in [5.74, 6) is -0.757. The Balaban J connectivity index is 0.00000220. The molecule has 2 rings (SSSR count). The molecule has 1 fully saturated rings. The van der Waals surface area contributed by atoms with Crippen LogP contribution in [0.15, 0.2) is 24.3 Å². The molecule has 0 spiro atoms.